The van der Waals surface area contributed by atoms with Crippen molar-refractivity contribution in [2.75, 3.05) is 13.7 Å². The first-order valence-corrected chi connectivity index (χ1v) is 8.58. The Bertz CT molecular complexity index is 394. The zero-order valence-electron chi connectivity index (χ0n) is 13.8. The molecule has 0 saturated heterocycles. The van der Waals surface area contributed by atoms with Crippen molar-refractivity contribution in [3.63, 3.8) is 0 Å². The molecule has 1 saturated carbocycles. The molecule has 21 heavy (non-hydrogen) atoms. The lowest BCUT2D eigenvalue weighted by Crippen LogP contribution is -2.42. The molecule has 2 atom stereocenters. The van der Waals surface area contributed by atoms with Gasteiger partial charge in [0.15, 0.2) is 0 Å². The van der Waals surface area contributed by atoms with Crippen LogP contribution in [-0.4, -0.2) is 35.6 Å². The summed E-state index contributed by atoms with van der Waals surface area (Å²) in [4.78, 5) is 0. The second kappa shape index (κ2) is 8.54. The van der Waals surface area contributed by atoms with E-state index in [0.717, 1.165) is 25.8 Å². The summed E-state index contributed by atoms with van der Waals surface area (Å²) in [5.41, 5.74) is 1.19. The van der Waals surface area contributed by atoms with Gasteiger partial charge in [-0.25, -0.2) is 0 Å². The first-order valence-electron chi connectivity index (χ1n) is 8.58. The third-order valence-electron chi connectivity index (χ3n) is 4.60. The molecule has 0 amide bonds. The molecule has 2 rings (SSSR count). The van der Waals surface area contributed by atoms with Crippen LogP contribution in [0.2, 0.25) is 0 Å². The normalized spacial score (nSPS) is 19.0. The van der Waals surface area contributed by atoms with Crippen molar-refractivity contribution in [1.29, 1.82) is 0 Å². The lowest BCUT2D eigenvalue weighted by atomic mass is 10.0. The first kappa shape index (κ1) is 16.5. The van der Waals surface area contributed by atoms with Gasteiger partial charge >= 0.3 is 0 Å². The summed E-state index contributed by atoms with van der Waals surface area (Å²) >= 11 is 0. The average Bonchev–Trinajstić information content (AvgIpc) is 3.16. The molecule has 4 heteroatoms. The molecule has 1 fully saturated rings. The van der Waals surface area contributed by atoms with Gasteiger partial charge in [0.05, 0.1) is 17.8 Å². The molecular weight excluding hydrogens is 262 g/mol. The predicted molar refractivity (Wildman–Crippen MR) is 86.6 cm³/mol. The van der Waals surface area contributed by atoms with Gasteiger partial charge in [0.2, 0.25) is 0 Å². The van der Waals surface area contributed by atoms with E-state index in [9.17, 15) is 0 Å². The van der Waals surface area contributed by atoms with Gasteiger partial charge in [-0.1, -0.05) is 26.7 Å². The summed E-state index contributed by atoms with van der Waals surface area (Å²) in [5.74, 6) is 0. The Labute approximate surface area is 129 Å². The van der Waals surface area contributed by atoms with Crippen LogP contribution in [0.5, 0.6) is 0 Å². The van der Waals surface area contributed by atoms with E-state index in [1.165, 1.54) is 31.4 Å². The molecule has 0 radical (unpaired) electrons. The maximum Gasteiger partial charge on any atom is 0.0725 e. The second-order valence-corrected chi connectivity index (χ2v) is 6.17. The molecule has 120 valence electrons. The Hall–Kier alpha value is -0.870. The fourth-order valence-corrected chi connectivity index (χ4v) is 3.36. The minimum atomic E-state index is 0.258. The van der Waals surface area contributed by atoms with E-state index in [-0.39, 0.29) is 6.10 Å². The average molecular weight is 293 g/mol. The Morgan fingerprint density at radius 3 is 2.76 bits per heavy atom. The minimum absolute atomic E-state index is 0.258. The standard InChI is InChI=1S/C17H31N3O/c1-4-11-18-16(17(5-2)21-3)13-14-10-12-20(19-14)15-8-6-7-9-15/h10,12,15-18H,4-9,11,13H2,1-3H3. The molecular formula is C17H31N3O. The molecule has 1 aliphatic rings. The minimum Gasteiger partial charge on any atom is -0.380 e. The predicted octanol–water partition coefficient (Wildman–Crippen LogP) is 3.33. The monoisotopic (exact) mass is 293 g/mol. The summed E-state index contributed by atoms with van der Waals surface area (Å²) in [7, 11) is 1.81. The van der Waals surface area contributed by atoms with Crippen LogP contribution in [0.4, 0.5) is 0 Å². The summed E-state index contributed by atoms with van der Waals surface area (Å²) in [6.45, 7) is 5.42. The Morgan fingerprint density at radius 1 is 1.38 bits per heavy atom. The maximum absolute atomic E-state index is 5.64. The van der Waals surface area contributed by atoms with Gasteiger partial charge in [-0.2, -0.15) is 5.10 Å². The van der Waals surface area contributed by atoms with Crippen molar-refractivity contribution in [2.24, 2.45) is 0 Å². The highest BCUT2D eigenvalue weighted by Gasteiger charge is 2.22. The van der Waals surface area contributed by atoms with Gasteiger partial charge < -0.3 is 10.1 Å². The number of hydrogen-bond donors (Lipinski definition) is 1. The molecule has 4 nitrogen and oxygen atoms in total. The van der Waals surface area contributed by atoms with Crippen LogP contribution < -0.4 is 5.32 Å². The number of aromatic nitrogens is 2. The highest BCUT2D eigenvalue weighted by molar-refractivity contribution is 5.04. The van der Waals surface area contributed by atoms with Crippen molar-refractivity contribution in [1.82, 2.24) is 15.1 Å². The van der Waals surface area contributed by atoms with Crippen LogP contribution in [0.1, 0.15) is 64.1 Å². The molecule has 1 heterocycles. The van der Waals surface area contributed by atoms with Gasteiger partial charge in [-0.15, -0.1) is 0 Å². The quantitative estimate of drug-likeness (QED) is 0.759. The van der Waals surface area contributed by atoms with Gasteiger partial charge in [0, 0.05) is 25.8 Å². The summed E-state index contributed by atoms with van der Waals surface area (Å²) < 4.78 is 7.83. The first-order chi connectivity index (χ1) is 10.3. The summed E-state index contributed by atoms with van der Waals surface area (Å²) in [6, 6.07) is 3.17. The van der Waals surface area contributed by atoms with E-state index in [4.69, 9.17) is 9.84 Å². The highest BCUT2D eigenvalue weighted by Crippen LogP contribution is 2.28. The van der Waals surface area contributed by atoms with Gasteiger partial charge in [-0.05, 0) is 38.3 Å². The Morgan fingerprint density at radius 2 is 2.14 bits per heavy atom. The van der Waals surface area contributed by atoms with Crippen LogP contribution in [0, 0.1) is 0 Å². The van der Waals surface area contributed by atoms with Crippen molar-refractivity contribution in [3.05, 3.63) is 18.0 Å². The molecule has 0 aromatic carbocycles. The summed E-state index contributed by atoms with van der Waals surface area (Å²) in [6.07, 6.45) is 10.8. The number of nitrogens with one attached hydrogen (secondary N) is 1. The lowest BCUT2D eigenvalue weighted by Gasteiger charge is -2.25. The van der Waals surface area contributed by atoms with Crippen molar-refractivity contribution >= 4 is 0 Å². The van der Waals surface area contributed by atoms with Gasteiger partial charge in [-0.3, -0.25) is 4.68 Å². The van der Waals surface area contributed by atoms with Crippen LogP contribution in [0.25, 0.3) is 0 Å². The van der Waals surface area contributed by atoms with Gasteiger partial charge in [0.25, 0.3) is 0 Å². The molecule has 1 aliphatic carbocycles. The smallest absolute Gasteiger partial charge is 0.0725 e. The number of nitrogens with zero attached hydrogens (tertiary/aromatic N) is 2. The highest BCUT2D eigenvalue weighted by atomic mass is 16.5. The van der Waals surface area contributed by atoms with Crippen LogP contribution in [0.3, 0.4) is 0 Å². The van der Waals surface area contributed by atoms with Gasteiger partial charge in [0.1, 0.15) is 0 Å². The van der Waals surface area contributed by atoms with E-state index in [2.05, 4.69) is 36.1 Å². The van der Waals surface area contributed by atoms with Crippen LogP contribution >= 0.6 is 0 Å². The van der Waals surface area contributed by atoms with E-state index in [1.54, 1.807) is 0 Å². The summed E-state index contributed by atoms with van der Waals surface area (Å²) in [5, 5.41) is 8.44. The third-order valence-corrected chi connectivity index (χ3v) is 4.60. The molecule has 0 spiro atoms. The fraction of sp³-hybridized carbons (Fsp3) is 0.824. The number of hydrogen-bond acceptors (Lipinski definition) is 3. The van der Waals surface area contributed by atoms with E-state index < -0.39 is 0 Å². The zero-order chi connectivity index (χ0) is 15.1. The topological polar surface area (TPSA) is 39.1 Å². The van der Waals surface area contributed by atoms with Crippen LogP contribution in [-0.2, 0) is 11.2 Å². The van der Waals surface area contributed by atoms with E-state index in [1.807, 2.05) is 7.11 Å². The number of methoxy groups -OCH3 is 1. The molecule has 1 aromatic heterocycles. The molecule has 2 unspecified atom stereocenters. The second-order valence-electron chi connectivity index (χ2n) is 6.17. The molecule has 0 aliphatic heterocycles. The molecule has 1 N–H and O–H groups in total. The molecule has 0 bridgehead atoms. The molecule has 1 aromatic rings. The van der Waals surface area contributed by atoms with E-state index in [0.29, 0.717) is 12.1 Å². The SMILES string of the molecule is CCCNC(Cc1ccn(C2CCCC2)n1)C(CC)OC. The van der Waals surface area contributed by atoms with Crippen molar-refractivity contribution in [2.45, 2.75) is 77.0 Å². The van der Waals surface area contributed by atoms with Crippen molar-refractivity contribution in [3.8, 4) is 0 Å². The largest absolute Gasteiger partial charge is 0.380 e. The maximum atomic E-state index is 5.64. The number of rotatable bonds is 9. The Kier molecular flexibility index (Phi) is 6.71. The van der Waals surface area contributed by atoms with Crippen LogP contribution in [0.15, 0.2) is 12.3 Å². The number of ether oxygens (including phenoxy) is 1. The van der Waals surface area contributed by atoms with E-state index >= 15 is 0 Å². The lowest BCUT2D eigenvalue weighted by molar-refractivity contribution is 0.0650. The fourth-order valence-electron chi connectivity index (χ4n) is 3.36. The van der Waals surface area contributed by atoms with Crippen molar-refractivity contribution < 1.29 is 4.74 Å². The third kappa shape index (κ3) is 4.55. The Balaban J connectivity index is 1.98. The zero-order valence-corrected chi connectivity index (χ0v) is 13.8.